The third kappa shape index (κ3) is 5.84. The molecule has 1 aromatic heterocycles. The van der Waals surface area contributed by atoms with Crippen molar-refractivity contribution in [3.05, 3.63) is 47.9 Å². The Labute approximate surface area is 152 Å². The first-order valence-corrected chi connectivity index (χ1v) is 8.35. The molecule has 26 heavy (non-hydrogen) atoms. The van der Waals surface area contributed by atoms with Crippen LogP contribution in [0.15, 0.2) is 41.0 Å². The summed E-state index contributed by atoms with van der Waals surface area (Å²) in [7, 11) is 3.02. The van der Waals surface area contributed by atoms with Gasteiger partial charge in [0.1, 0.15) is 17.3 Å². The number of amides is 2. The van der Waals surface area contributed by atoms with E-state index in [0.29, 0.717) is 17.1 Å². The van der Waals surface area contributed by atoms with E-state index >= 15 is 0 Å². The summed E-state index contributed by atoms with van der Waals surface area (Å²) in [5, 5.41) is 5.45. The summed E-state index contributed by atoms with van der Waals surface area (Å²) in [4.78, 5) is 24.2. The number of rotatable bonds is 9. The number of carbonyl (C=O) groups is 2. The van der Waals surface area contributed by atoms with Gasteiger partial charge in [-0.05, 0) is 37.6 Å². The highest BCUT2D eigenvalue weighted by Crippen LogP contribution is 2.22. The maximum atomic E-state index is 12.2. The molecule has 2 N–H and O–H groups in total. The van der Waals surface area contributed by atoms with Crippen molar-refractivity contribution >= 4 is 11.8 Å². The molecule has 1 unspecified atom stereocenters. The molecule has 2 aromatic rings. The number of nitrogens with one attached hydrogen (secondary N) is 2. The number of hydrogen-bond acceptors (Lipinski definition) is 5. The average molecular weight is 360 g/mol. The molecular weight excluding hydrogens is 336 g/mol. The standard InChI is InChI=1S/C19H24N2O5/c1-13(6-7-15-5-4-8-26-15)21-18(22)12-20-19(23)14-9-16(24-2)11-17(10-14)25-3/h4-5,8-11,13H,6-7,12H2,1-3H3,(H,20,23)(H,21,22). The van der Waals surface area contributed by atoms with Gasteiger partial charge in [0.25, 0.3) is 5.91 Å². The molecule has 0 aliphatic rings. The van der Waals surface area contributed by atoms with Crippen LogP contribution in [0.4, 0.5) is 0 Å². The molecule has 0 saturated carbocycles. The van der Waals surface area contributed by atoms with Crippen molar-refractivity contribution in [2.75, 3.05) is 20.8 Å². The van der Waals surface area contributed by atoms with Crippen LogP contribution in [0, 0.1) is 0 Å². The monoisotopic (exact) mass is 360 g/mol. The fourth-order valence-electron chi connectivity index (χ4n) is 2.41. The molecule has 0 radical (unpaired) electrons. The van der Waals surface area contributed by atoms with Crippen LogP contribution in [0.2, 0.25) is 0 Å². The van der Waals surface area contributed by atoms with Gasteiger partial charge in [0.05, 0.1) is 27.0 Å². The van der Waals surface area contributed by atoms with Crippen LogP contribution >= 0.6 is 0 Å². The molecule has 1 atom stereocenters. The number of ether oxygens (including phenoxy) is 2. The first kappa shape index (κ1) is 19.4. The quantitative estimate of drug-likeness (QED) is 0.715. The summed E-state index contributed by atoms with van der Waals surface area (Å²) < 4.78 is 15.5. The minimum absolute atomic E-state index is 0.0265. The average Bonchev–Trinajstić information content (AvgIpc) is 3.17. The number of methoxy groups -OCH3 is 2. The molecule has 0 aliphatic carbocycles. The van der Waals surface area contributed by atoms with E-state index < -0.39 is 0 Å². The number of furan rings is 1. The maximum absolute atomic E-state index is 12.2. The Balaban J connectivity index is 1.80. The molecule has 140 valence electrons. The van der Waals surface area contributed by atoms with Gasteiger partial charge in [-0.3, -0.25) is 9.59 Å². The highest BCUT2D eigenvalue weighted by atomic mass is 16.5. The Bertz CT molecular complexity index is 705. The number of carbonyl (C=O) groups excluding carboxylic acids is 2. The maximum Gasteiger partial charge on any atom is 0.251 e. The number of benzene rings is 1. The second kappa shape index (κ2) is 9.50. The fourth-order valence-corrected chi connectivity index (χ4v) is 2.41. The van der Waals surface area contributed by atoms with Crippen molar-refractivity contribution in [1.82, 2.24) is 10.6 Å². The zero-order chi connectivity index (χ0) is 18.9. The van der Waals surface area contributed by atoms with Crippen molar-refractivity contribution in [3.63, 3.8) is 0 Å². The van der Waals surface area contributed by atoms with E-state index in [1.165, 1.54) is 14.2 Å². The largest absolute Gasteiger partial charge is 0.497 e. The molecule has 1 heterocycles. The first-order valence-electron chi connectivity index (χ1n) is 8.35. The lowest BCUT2D eigenvalue weighted by Crippen LogP contribution is -2.41. The lowest BCUT2D eigenvalue weighted by Gasteiger charge is -2.14. The third-order valence-corrected chi connectivity index (χ3v) is 3.83. The van der Waals surface area contributed by atoms with Crippen molar-refractivity contribution < 1.29 is 23.5 Å². The molecule has 2 amide bonds. The molecule has 0 saturated heterocycles. The fraction of sp³-hybridized carbons (Fsp3) is 0.368. The Hall–Kier alpha value is -2.96. The molecule has 0 aliphatic heterocycles. The Morgan fingerprint density at radius 2 is 1.85 bits per heavy atom. The molecule has 0 spiro atoms. The van der Waals surface area contributed by atoms with E-state index in [-0.39, 0.29) is 24.4 Å². The minimum Gasteiger partial charge on any atom is -0.497 e. The van der Waals surface area contributed by atoms with Crippen molar-refractivity contribution in [1.29, 1.82) is 0 Å². The minimum atomic E-state index is -0.374. The number of aryl methyl sites for hydroxylation is 1. The van der Waals surface area contributed by atoms with E-state index in [1.54, 1.807) is 24.5 Å². The van der Waals surface area contributed by atoms with Crippen LogP contribution in [0.5, 0.6) is 11.5 Å². The highest BCUT2D eigenvalue weighted by molar-refractivity contribution is 5.97. The third-order valence-electron chi connectivity index (χ3n) is 3.83. The summed E-state index contributed by atoms with van der Waals surface area (Å²) >= 11 is 0. The second-order valence-corrected chi connectivity index (χ2v) is 5.87. The van der Waals surface area contributed by atoms with E-state index in [0.717, 1.165) is 18.6 Å². The van der Waals surface area contributed by atoms with Gasteiger partial charge in [0, 0.05) is 24.1 Å². The van der Waals surface area contributed by atoms with E-state index in [4.69, 9.17) is 13.9 Å². The van der Waals surface area contributed by atoms with Crippen LogP contribution in [-0.4, -0.2) is 38.6 Å². The van der Waals surface area contributed by atoms with Gasteiger partial charge < -0.3 is 24.5 Å². The predicted octanol–water partition coefficient (Wildman–Crippen LogP) is 2.16. The smallest absolute Gasteiger partial charge is 0.251 e. The molecule has 0 bridgehead atoms. The van der Waals surface area contributed by atoms with Gasteiger partial charge in [-0.1, -0.05) is 0 Å². The first-order chi connectivity index (χ1) is 12.5. The molecule has 0 fully saturated rings. The van der Waals surface area contributed by atoms with Crippen LogP contribution in [0.3, 0.4) is 0 Å². The number of hydrogen-bond donors (Lipinski definition) is 2. The van der Waals surface area contributed by atoms with Crippen molar-refractivity contribution in [3.8, 4) is 11.5 Å². The second-order valence-electron chi connectivity index (χ2n) is 5.87. The molecular formula is C19H24N2O5. The normalized spacial score (nSPS) is 11.5. The summed E-state index contributed by atoms with van der Waals surface area (Å²) in [6.07, 6.45) is 3.12. The van der Waals surface area contributed by atoms with Gasteiger partial charge >= 0.3 is 0 Å². The Kier molecular flexibility index (Phi) is 7.08. The molecule has 1 aromatic carbocycles. The van der Waals surface area contributed by atoms with Gasteiger partial charge in [0.2, 0.25) is 5.91 Å². The lowest BCUT2D eigenvalue weighted by atomic mass is 10.1. The summed E-state index contributed by atoms with van der Waals surface area (Å²) in [5.74, 6) is 1.27. The SMILES string of the molecule is COc1cc(OC)cc(C(=O)NCC(=O)NC(C)CCc2ccco2)c1. The van der Waals surface area contributed by atoms with Crippen LogP contribution in [0.25, 0.3) is 0 Å². The van der Waals surface area contributed by atoms with Crippen molar-refractivity contribution in [2.24, 2.45) is 0 Å². The lowest BCUT2D eigenvalue weighted by molar-refractivity contribution is -0.120. The Morgan fingerprint density at radius 1 is 1.15 bits per heavy atom. The zero-order valence-corrected chi connectivity index (χ0v) is 15.2. The van der Waals surface area contributed by atoms with Crippen molar-refractivity contribution in [2.45, 2.75) is 25.8 Å². The molecule has 7 heteroatoms. The van der Waals surface area contributed by atoms with E-state index in [1.807, 2.05) is 19.1 Å². The summed E-state index contributed by atoms with van der Waals surface area (Å²) in [6.45, 7) is 1.80. The van der Waals surface area contributed by atoms with Gasteiger partial charge in [-0.15, -0.1) is 0 Å². The highest BCUT2D eigenvalue weighted by Gasteiger charge is 2.13. The summed E-state index contributed by atoms with van der Waals surface area (Å²) in [5.41, 5.74) is 0.361. The van der Waals surface area contributed by atoms with E-state index in [2.05, 4.69) is 10.6 Å². The Morgan fingerprint density at radius 3 is 2.42 bits per heavy atom. The van der Waals surface area contributed by atoms with Crippen LogP contribution in [-0.2, 0) is 11.2 Å². The zero-order valence-electron chi connectivity index (χ0n) is 15.2. The van der Waals surface area contributed by atoms with Crippen LogP contribution in [0.1, 0.15) is 29.5 Å². The molecule has 2 rings (SSSR count). The topological polar surface area (TPSA) is 89.8 Å². The summed E-state index contributed by atoms with van der Waals surface area (Å²) in [6, 6.07) is 8.55. The predicted molar refractivity (Wildman–Crippen MR) is 96.5 cm³/mol. The molecule has 7 nitrogen and oxygen atoms in total. The van der Waals surface area contributed by atoms with Crippen LogP contribution < -0.4 is 20.1 Å². The van der Waals surface area contributed by atoms with Gasteiger partial charge in [0.15, 0.2) is 0 Å². The van der Waals surface area contributed by atoms with Gasteiger partial charge in [-0.2, -0.15) is 0 Å². The van der Waals surface area contributed by atoms with Gasteiger partial charge in [-0.25, -0.2) is 0 Å². The van der Waals surface area contributed by atoms with E-state index in [9.17, 15) is 9.59 Å².